The topological polar surface area (TPSA) is 73.4 Å². The molecule has 0 unspecified atom stereocenters. The molecule has 1 aromatic carbocycles. The van der Waals surface area contributed by atoms with Crippen molar-refractivity contribution in [3.63, 3.8) is 0 Å². The van der Waals surface area contributed by atoms with Crippen LogP contribution in [0.2, 0.25) is 0 Å². The Morgan fingerprint density at radius 1 is 1.38 bits per heavy atom. The summed E-state index contributed by atoms with van der Waals surface area (Å²) in [5, 5.41) is 16.5. The first-order valence-corrected chi connectivity index (χ1v) is 7.09. The van der Waals surface area contributed by atoms with E-state index < -0.39 is 0 Å². The number of nitro benzene ring substituents is 1. The van der Waals surface area contributed by atoms with Gasteiger partial charge in [0.25, 0.3) is 5.69 Å². The molecule has 3 rings (SSSR count). The predicted molar refractivity (Wildman–Crippen MR) is 79.7 cm³/mol. The minimum absolute atomic E-state index is 0.163. The Labute approximate surface area is 122 Å². The molecule has 0 bridgehead atoms. The van der Waals surface area contributed by atoms with Crippen LogP contribution >= 0.6 is 0 Å². The highest BCUT2D eigenvalue weighted by Crippen LogP contribution is 2.37. The molecule has 0 atom stereocenters. The number of hydrogen-bond acceptors (Lipinski definition) is 5. The average molecular weight is 290 g/mol. The van der Waals surface area contributed by atoms with E-state index in [4.69, 9.17) is 4.74 Å². The molecule has 1 saturated heterocycles. The number of aromatic nitrogens is 2. The van der Waals surface area contributed by atoms with Gasteiger partial charge in [-0.25, -0.2) is 0 Å². The molecule has 0 amide bonds. The first-order valence-electron chi connectivity index (χ1n) is 7.09. The molecule has 21 heavy (non-hydrogen) atoms. The molecule has 112 valence electrons. The van der Waals surface area contributed by atoms with E-state index in [-0.39, 0.29) is 10.6 Å². The second kappa shape index (κ2) is 5.69. The van der Waals surface area contributed by atoms with Gasteiger partial charge in [-0.15, -0.1) is 0 Å². The fourth-order valence-electron chi connectivity index (χ4n) is 2.90. The minimum Gasteiger partial charge on any atom is -0.383 e. The van der Waals surface area contributed by atoms with Crippen LogP contribution in [0, 0.1) is 10.1 Å². The Kier molecular flexibility index (Phi) is 3.74. The predicted octanol–water partition coefficient (Wildman–Crippen LogP) is 2.19. The Morgan fingerprint density at radius 2 is 2.14 bits per heavy atom. The van der Waals surface area contributed by atoms with Gasteiger partial charge in [0.1, 0.15) is 5.69 Å². The molecule has 0 spiro atoms. The van der Waals surface area contributed by atoms with Gasteiger partial charge in [0, 0.05) is 26.3 Å². The molecule has 1 aromatic heterocycles. The fraction of sp³-hybridized carbons (Fsp3) is 0.500. The highest BCUT2D eigenvalue weighted by atomic mass is 16.6. The van der Waals surface area contributed by atoms with Gasteiger partial charge >= 0.3 is 0 Å². The number of ether oxygens (including phenoxy) is 1. The third-order valence-electron chi connectivity index (χ3n) is 3.90. The normalized spacial score (nSPS) is 15.0. The highest BCUT2D eigenvalue weighted by molar-refractivity contribution is 5.97. The first kappa shape index (κ1) is 13.8. The van der Waals surface area contributed by atoms with E-state index >= 15 is 0 Å². The van der Waals surface area contributed by atoms with Crippen LogP contribution in [0.15, 0.2) is 18.3 Å². The quantitative estimate of drug-likeness (QED) is 0.623. The van der Waals surface area contributed by atoms with Crippen LogP contribution in [0.25, 0.3) is 10.9 Å². The second-order valence-corrected chi connectivity index (χ2v) is 5.18. The van der Waals surface area contributed by atoms with Crippen LogP contribution in [-0.4, -0.2) is 41.5 Å². The smallest absolute Gasteiger partial charge is 0.293 e. The lowest BCUT2D eigenvalue weighted by Crippen LogP contribution is -2.19. The van der Waals surface area contributed by atoms with Crippen LogP contribution in [0.4, 0.5) is 11.4 Å². The lowest BCUT2D eigenvalue weighted by Gasteiger charge is -2.18. The lowest BCUT2D eigenvalue weighted by molar-refractivity contribution is -0.384. The zero-order chi connectivity index (χ0) is 14.8. The third kappa shape index (κ3) is 2.44. The maximum absolute atomic E-state index is 11.3. The molecule has 1 aliphatic heterocycles. The standard InChI is InChI=1S/C14H18N4O3/c1-21-9-8-17-12-4-5-13(18(19)20)14(11(12)10-15-17)16-6-2-3-7-16/h4-5,10H,2-3,6-9H2,1H3. The number of benzene rings is 1. The number of hydrogen-bond donors (Lipinski definition) is 0. The van der Waals surface area contributed by atoms with E-state index in [1.807, 2.05) is 4.68 Å². The van der Waals surface area contributed by atoms with Gasteiger partial charge in [0.2, 0.25) is 0 Å². The van der Waals surface area contributed by atoms with E-state index in [9.17, 15) is 10.1 Å². The molecule has 1 fully saturated rings. The van der Waals surface area contributed by atoms with Crippen LogP contribution in [-0.2, 0) is 11.3 Å². The molecule has 0 aliphatic carbocycles. The molecule has 1 aliphatic rings. The van der Waals surface area contributed by atoms with E-state index in [2.05, 4.69) is 10.00 Å². The summed E-state index contributed by atoms with van der Waals surface area (Å²) in [6.45, 7) is 2.93. The van der Waals surface area contributed by atoms with Crippen molar-refractivity contribution in [2.24, 2.45) is 0 Å². The summed E-state index contributed by atoms with van der Waals surface area (Å²) in [6.07, 6.45) is 3.88. The average Bonchev–Trinajstić information content (AvgIpc) is 3.13. The van der Waals surface area contributed by atoms with Crippen molar-refractivity contribution in [1.82, 2.24) is 9.78 Å². The van der Waals surface area contributed by atoms with Crippen LogP contribution < -0.4 is 4.90 Å². The Morgan fingerprint density at radius 3 is 2.81 bits per heavy atom. The lowest BCUT2D eigenvalue weighted by atomic mass is 10.1. The number of anilines is 1. The van der Waals surface area contributed by atoms with Crippen molar-refractivity contribution in [2.75, 3.05) is 31.7 Å². The number of rotatable bonds is 5. The maximum atomic E-state index is 11.3. The Balaban J connectivity index is 2.12. The molecule has 7 nitrogen and oxygen atoms in total. The monoisotopic (exact) mass is 290 g/mol. The van der Waals surface area contributed by atoms with Gasteiger partial charge in [0.05, 0.1) is 35.2 Å². The molecule has 2 aromatic rings. The summed E-state index contributed by atoms with van der Waals surface area (Å²) in [5.74, 6) is 0. The summed E-state index contributed by atoms with van der Waals surface area (Å²) < 4.78 is 6.91. The van der Waals surface area contributed by atoms with Crippen molar-refractivity contribution < 1.29 is 9.66 Å². The molecule has 2 heterocycles. The highest BCUT2D eigenvalue weighted by Gasteiger charge is 2.26. The summed E-state index contributed by atoms with van der Waals surface area (Å²) >= 11 is 0. The van der Waals surface area contributed by atoms with Crippen LogP contribution in [0.1, 0.15) is 12.8 Å². The van der Waals surface area contributed by atoms with Gasteiger partial charge in [-0.05, 0) is 18.9 Å². The summed E-state index contributed by atoms with van der Waals surface area (Å²) in [7, 11) is 1.65. The second-order valence-electron chi connectivity index (χ2n) is 5.18. The van der Waals surface area contributed by atoms with Gasteiger partial charge in [-0.1, -0.05) is 0 Å². The van der Waals surface area contributed by atoms with Crippen molar-refractivity contribution in [1.29, 1.82) is 0 Å². The Hall–Kier alpha value is -2.15. The fourth-order valence-corrected chi connectivity index (χ4v) is 2.90. The van der Waals surface area contributed by atoms with Crippen molar-refractivity contribution in [2.45, 2.75) is 19.4 Å². The summed E-state index contributed by atoms with van der Waals surface area (Å²) in [5.41, 5.74) is 1.79. The van der Waals surface area contributed by atoms with E-state index in [1.54, 1.807) is 25.4 Å². The maximum Gasteiger partial charge on any atom is 0.293 e. The number of nitrogens with zero attached hydrogens (tertiary/aromatic N) is 4. The van der Waals surface area contributed by atoms with E-state index in [0.29, 0.717) is 18.8 Å². The Bertz CT molecular complexity index is 662. The third-order valence-corrected chi connectivity index (χ3v) is 3.90. The molecular weight excluding hydrogens is 272 g/mol. The van der Waals surface area contributed by atoms with Crippen LogP contribution in [0.5, 0.6) is 0 Å². The van der Waals surface area contributed by atoms with E-state index in [1.165, 1.54) is 0 Å². The number of nitro groups is 1. The molecule has 0 N–H and O–H groups in total. The van der Waals surface area contributed by atoms with Gasteiger partial charge in [-0.3, -0.25) is 14.8 Å². The van der Waals surface area contributed by atoms with Crippen molar-refractivity contribution in [3.05, 3.63) is 28.4 Å². The molecule has 7 heteroatoms. The van der Waals surface area contributed by atoms with Gasteiger partial charge in [0.15, 0.2) is 0 Å². The summed E-state index contributed by atoms with van der Waals surface area (Å²) in [4.78, 5) is 13.1. The molecular formula is C14H18N4O3. The molecule has 0 saturated carbocycles. The number of fused-ring (bicyclic) bond motifs is 1. The summed E-state index contributed by atoms with van der Waals surface area (Å²) in [6, 6.07) is 3.36. The molecule has 0 radical (unpaired) electrons. The van der Waals surface area contributed by atoms with Crippen molar-refractivity contribution in [3.8, 4) is 0 Å². The largest absolute Gasteiger partial charge is 0.383 e. The van der Waals surface area contributed by atoms with Crippen LogP contribution in [0.3, 0.4) is 0 Å². The van der Waals surface area contributed by atoms with Gasteiger partial charge in [-0.2, -0.15) is 5.10 Å². The van der Waals surface area contributed by atoms with Gasteiger partial charge < -0.3 is 9.64 Å². The number of methoxy groups -OCH3 is 1. The first-order chi connectivity index (χ1) is 10.2. The zero-order valence-corrected chi connectivity index (χ0v) is 12.0. The SMILES string of the molecule is COCCn1ncc2c(N3CCCC3)c([N+](=O)[O-])ccc21. The zero-order valence-electron chi connectivity index (χ0n) is 12.0. The van der Waals surface area contributed by atoms with Crippen molar-refractivity contribution >= 4 is 22.3 Å². The van der Waals surface area contributed by atoms with E-state index in [0.717, 1.165) is 36.8 Å². The minimum atomic E-state index is -0.306.